The number of nitrogens with zero attached hydrogens (tertiary/aromatic N) is 3. The molecule has 1 fully saturated rings. The van der Waals surface area contributed by atoms with Crippen molar-refractivity contribution in [1.82, 2.24) is 14.7 Å². The van der Waals surface area contributed by atoms with Crippen LogP contribution in [-0.4, -0.2) is 33.3 Å². The number of aryl methyl sites for hydroxylation is 1. The van der Waals surface area contributed by atoms with Crippen LogP contribution in [0.3, 0.4) is 0 Å². The Morgan fingerprint density at radius 1 is 1.17 bits per heavy atom. The number of rotatable bonds is 3. The lowest BCUT2D eigenvalue weighted by atomic mass is 9.95. The van der Waals surface area contributed by atoms with Gasteiger partial charge in [-0.3, -0.25) is 4.68 Å². The Balaban J connectivity index is 2.21. The minimum atomic E-state index is 0.0253. The lowest BCUT2D eigenvalue weighted by Crippen LogP contribution is -2.45. The van der Waals surface area contributed by atoms with Crippen molar-refractivity contribution in [3.05, 3.63) is 11.4 Å². The Kier molecular flexibility index (Phi) is 5.94. The Labute approximate surface area is 146 Å². The van der Waals surface area contributed by atoms with Crippen LogP contribution in [0, 0.1) is 25.7 Å². The van der Waals surface area contributed by atoms with Crippen LogP contribution < -0.4 is 5.32 Å². The van der Waals surface area contributed by atoms with Gasteiger partial charge < -0.3 is 10.2 Å². The van der Waals surface area contributed by atoms with Crippen LogP contribution >= 0.6 is 0 Å². The molecule has 0 aliphatic carbocycles. The number of aromatic nitrogens is 2. The van der Waals surface area contributed by atoms with E-state index >= 15 is 0 Å². The number of amides is 2. The average Bonchev–Trinajstić information content (AvgIpc) is 2.68. The number of carbonyl (C=O) groups excluding carboxylic acids is 1. The molecule has 0 aromatic carbocycles. The van der Waals surface area contributed by atoms with Gasteiger partial charge in [-0.05, 0) is 58.8 Å². The molecule has 0 saturated carbocycles. The summed E-state index contributed by atoms with van der Waals surface area (Å²) in [6, 6.07) is 0.629. The molecule has 0 bridgehead atoms. The molecule has 136 valence electrons. The summed E-state index contributed by atoms with van der Waals surface area (Å²) in [4.78, 5) is 15.1. The van der Waals surface area contributed by atoms with Gasteiger partial charge >= 0.3 is 6.03 Å². The fraction of sp³-hybridized carbons (Fsp3) is 0.789. The first-order chi connectivity index (χ1) is 11.2. The topological polar surface area (TPSA) is 50.2 Å². The molecule has 1 aliphatic heterocycles. The third kappa shape index (κ3) is 3.93. The molecule has 5 heteroatoms. The predicted octanol–water partition coefficient (Wildman–Crippen LogP) is 4.76. The summed E-state index contributed by atoms with van der Waals surface area (Å²) in [5.41, 5.74) is 2.78. The van der Waals surface area contributed by atoms with E-state index in [-0.39, 0.29) is 12.1 Å². The first-order valence-corrected chi connectivity index (χ1v) is 9.35. The zero-order valence-electron chi connectivity index (χ0n) is 16.4. The molecule has 2 heterocycles. The van der Waals surface area contributed by atoms with Gasteiger partial charge in [0.15, 0.2) is 0 Å². The summed E-state index contributed by atoms with van der Waals surface area (Å²) >= 11 is 0. The maximum Gasteiger partial charge on any atom is 0.322 e. The molecule has 2 unspecified atom stereocenters. The second kappa shape index (κ2) is 7.58. The number of anilines is 1. The van der Waals surface area contributed by atoms with Gasteiger partial charge in [0.25, 0.3) is 0 Å². The van der Waals surface area contributed by atoms with Crippen LogP contribution in [0.5, 0.6) is 0 Å². The van der Waals surface area contributed by atoms with Crippen LogP contribution in [0.4, 0.5) is 10.5 Å². The molecule has 2 rings (SSSR count). The second-order valence-corrected chi connectivity index (χ2v) is 7.99. The third-order valence-corrected chi connectivity index (χ3v) is 5.29. The molecule has 2 amide bonds. The SMILES string of the molecule is Cc1nn(C(C)C)c(C)c1NC(=O)N1CCC(C)CCC1C(C)C. The summed E-state index contributed by atoms with van der Waals surface area (Å²) in [7, 11) is 0. The van der Waals surface area contributed by atoms with E-state index in [0.29, 0.717) is 17.9 Å². The molecule has 1 saturated heterocycles. The molecule has 1 aliphatic rings. The summed E-state index contributed by atoms with van der Waals surface area (Å²) in [6.45, 7) is 15.8. The van der Waals surface area contributed by atoms with E-state index in [4.69, 9.17) is 0 Å². The van der Waals surface area contributed by atoms with Crippen molar-refractivity contribution in [3.8, 4) is 0 Å². The highest BCUT2D eigenvalue weighted by Crippen LogP contribution is 2.28. The van der Waals surface area contributed by atoms with E-state index in [1.807, 2.05) is 18.5 Å². The minimum Gasteiger partial charge on any atom is -0.321 e. The van der Waals surface area contributed by atoms with Crippen molar-refractivity contribution in [2.24, 2.45) is 11.8 Å². The quantitative estimate of drug-likeness (QED) is 0.866. The predicted molar refractivity (Wildman–Crippen MR) is 99.5 cm³/mol. The highest BCUT2D eigenvalue weighted by atomic mass is 16.2. The molecule has 1 N–H and O–H groups in total. The Bertz CT molecular complexity index is 576. The normalized spacial score (nSPS) is 22.1. The van der Waals surface area contributed by atoms with Gasteiger partial charge in [0.1, 0.15) is 0 Å². The first-order valence-electron chi connectivity index (χ1n) is 9.35. The molecular weight excluding hydrogens is 300 g/mol. The minimum absolute atomic E-state index is 0.0253. The van der Waals surface area contributed by atoms with E-state index in [0.717, 1.165) is 36.5 Å². The van der Waals surface area contributed by atoms with Gasteiger partial charge in [-0.15, -0.1) is 0 Å². The zero-order valence-corrected chi connectivity index (χ0v) is 16.4. The lowest BCUT2D eigenvalue weighted by molar-refractivity contribution is 0.168. The number of hydrogen-bond acceptors (Lipinski definition) is 2. The van der Waals surface area contributed by atoms with Crippen LogP contribution in [-0.2, 0) is 0 Å². The van der Waals surface area contributed by atoms with Crippen molar-refractivity contribution < 1.29 is 4.79 Å². The summed E-state index contributed by atoms with van der Waals surface area (Å²) < 4.78 is 1.98. The van der Waals surface area contributed by atoms with Crippen molar-refractivity contribution in [2.75, 3.05) is 11.9 Å². The molecular formula is C19H34N4O. The van der Waals surface area contributed by atoms with Crippen molar-refractivity contribution in [1.29, 1.82) is 0 Å². The summed E-state index contributed by atoms with van der Waals surface area (Å²) in [6.07, 6.45) is 3.38. The number of likely N-dealkylation sites (tertiary alicyclic amines) is 1. The smallest absolute Gasteiger partial charge is 0.321 e. The molecule has 5 nitrogen and oxygen atoms in total. The number of nitrogens with one attached hydrogen (secondary N) is 1. The average molecular weight is 335 g/mol. The Hall–Kier alpha value is -1.52. The fourth-order valence-corrected chi connectivity index (χ4v) is 3.75. The Morgan fingerprint density at radius 3 is 2.38 bits per heavy atom. The third-order valence-electron chi connectivity index (χ3n) is 5.29. The maximum absolute atomic E-state index is 13.0. The molecule has 0 spiro atoms. The number of hydrogen-bond donors (Lipinski definition) is 1. The molecule has 0 radical (unpaired) electrons. The summed E-state index contributed by atoms with van der Waals surface area (Å²) in [5, 5.41) is 7.73. The highest BCUT2D eigenvalue weighted by molar-refractivity contribution is 5.90. The molecule has 1 aromatic heterocycles. The monoisotopic (exact) mass is 334 g/mol. The zero-order chi connectivity index (χ0) is 18.0. The van der Waals surface area contributed by atoms with Gasteiger partial charge in [-0.2, -0.15) is 5.10 Å². The van der Waals surface area contributed by atoms with Crippen molar-refractivity contribution in [2.45, 2.75) is 79.8 Å². The lowest BCUT2D eigenvalue weighted by Gasteiger charge is -2.33. The van der Waals surface area contributed by atoms with Crippen molar-refractivity contribution >= 4 is 11.7 Å². The fourth-order valence-electron chi connectivity index (χ4n) is 3.75. The first kappa shape index (κ1) is 18.8. The largest absolute Gasteiger partial charge is 0.322 e. The second-order valence-electron chi connectivity index (χ2n) is 7.99. The number of carbonyl (C=O) groups is 1. The van der Waals surface area contributed by atoms with E-state index in [9.17, 15) is 4.79 Å². The van der Waals surface area contributed by atoms with E-state index in [1.54, 1.807) is 0 Å². The van der Waals surface area contributed by atoms with Gasteiger partial charge in [0.05, 0.1) is 17.1 Å². The number of urea groups is 1. The van der Waals surface area contributed by atoms with Crippen molar-refractivity contribution in [3.63, 3.8) is 0 Å². The molecule has 1 aromatic rings. The van der Waals surface area contributed by atoms with Gasteiger partial charge in [-0.25, -0.2) is 4.79 Å². The van der Waals surface area contributed by atoms with Crippen LogP contribution in [0.15, 0.2) is 0 Å². The molecule has 2 atom stereocenters. The highest BCUT2D eigenvalue weighted by Gasteiger charge is 2.30. The van der Waals surface area contributed by atoms with E-state index in [1.165, 1.54) is 6.42 Å². The van der Waals surface area contributed by atoms with Gasteiger partial charge in [0.2, 0.25) is 0 Å². The summed E-state index contributed by atoms with van der Waals surface area (Å²) in [5.74, 6) is 1.16. The van der Waals surface area contributed by atoms with Gasteiger partial charge in [-0.1, -0.05) is 20.8 Å². The maximum atomic E-state index is 13.0. The molecule has 24 heavy (non-hydrogen) atoms. The van der Waals surface area contributed by atoms with E-state index < -0.39 is 0 Å². The van der Waals surface area contributed by atoms with Crippen LogP contribution in [0.2, 0.25) is 0 Å². The van der Waals surface area contributed by atoms with E-state index in [2.05, 4.69) is 49.9 Å². The standard InChI is InChI=1S/C19H34N4O/c1-12(2)17-9-8-14(5)10-11-22(17)19(24)20-18-15(6)21-23(13(3)4)16(18)7/h12-14,17H,8-11H2,1-7H3,(H,20,24). The Morgan fingerprint density at radius 2 is 1.83 bits per heavy atom. The van der Waals surface area contributed by atoms with Crippen LogP contribution in [0.25, 0.3) is 0 Å². The van der Waals surface area contributed by atoms with Gasteiger partial charge in [0, 0.05) is 18.6 Å². The van der Waals surface area contributed by atoms with Crippen LogP contribution in [0.1, 0.15) is 71.3 Å².